The zero-order valence-corrected chi connectivity index (χ0v) is 27.7. The molecule has 0 fully saturated rings. The average Bonchev–Trinajstić information content (AvgIpc) is 3.53. The van der Waals surface area contributed by atoms with Crippen LogP contribution in [0.1, 0.15) is 76.7 Å². The lowest BCUT2D eigenvalue weighted by atomic mass is 9.91. The number of aryl methyl sites for hydroxylation is 1. The first kappa shape index (κ1) is 31.7. The van der Waals surface area contributed by atoms with Gasteiger partial charge in [0.05, 0.1) is 34.0 Å². The average molecular weight is 646 g/mol. The van der Waals surface area contributed by atoms with E-state index in [0.29, 0.717) is 26.5 Å². The summed E-state index contributed by atoms with van der Waals surface area (Å²) in [6.45, 7) is 10.1. The highest BCUT2D eigenvalue weighted by Gasteiger charge is 2.35. The second kappa shape index (κ2) is 12.8. The first-order valence-corrected chi connectivity index (χ1v) is 16.3. The maximum Gasteiger partial charge on any atom is 0.338 e. The molecule has 0 bridgehead atoms. The smallest absolute Gasteiger partial charge is 0.338 e. The number of nitrogens with zero attached hydrogens (tertiary/aromatic N) is 3. The van der Waals surface area contributed by atoms with Crippen molar-refractivity contribution in [3.63, 3.8) is 0 Å². The molecule has 8 nitrogen and oxygen atoms in total. The molecule has 1 aliphatic rings. The minimum absolute atomic E-state index is 0.183. The van der Waals surface area contributed by atoms with Gasteiger partial charge in [0.1, 0.15) is 0 Å². The lowest BCUT2D eigenvalue weighted by Crippen LogP contribution is -2.40. The van der Waals surface area contributed by atoms with Crippen LogP contribution in [-0.4, -0.2) is 32.8 Å². The number of thiazole rings is 1. The van der Waals surface area contributed by atoms with Gasteiger partial charge in [-0.1, -0.05) is 79.8 Å². The monoisotopic (exact) mass is 645 g/mol. The Balaban J connectivity index is 1.56. The van der Waals surface area contributed by atoms with E-state index in [0.717, 1.165) is 39.3 Å². The van der Waals surface area contributed by atoms with Crippen molar-refractivity contribution in [1.82, 2.24) is 9.13 Å². The van der Waals surface area contributed by atoms with Crippen LogP contribution in [0.4, 0.5) is 0 Å². The highest BCUT2D eigenvalue weighted by atomic mass is 32.1. The molecule has 2 aromatic heterocycles. The van der Waals surface area contributed by atoms with Gasteiger partial charge in [-0.15, -0.1) is 0 Å². The van der Waals surface area contributed by atoms with E-state index in [1.807, 2.05) is 85.2 Å². The topological polar surface area (TPSA) is 103 Å². The number of aromatic nitrogens is 2. The molecule has 0 radical (unpaired) electrons. The van der Waals surface area contributed by atoms with Crippen molar-refractivity contribution in [2.24, 2.45) is 4.99 Å². The van der Waals surface area contributed by atoms with E-state index in [-0.39, 0.29) is 17.7 Å². The number of ether oxygens (including phenoxy) is 1. The van der Waals surface area contributed by atoms with Crippen LogP contribution < -0.4 is 14.9 Å². The van der Waals surface area contributed by atoms with Gasteiger partial charge in [0, 0.05) is 22.6 Å². The summed E-state index contributed by atoms with van der Waals surface area (Å²) in [4.78, 5) is 44.9. The molecule has 3 heterocycles. The third-order valence-corrected chi connectivity index (χ3v) is 9.40. The number of rotatable bonds is 8. The van der Waals surface area contributed by atoms with E-state index >= 15 is 0 Å². The molecule has 0 amide bonds. The van der Waals surface area contributed by atoms with Crippen molar-refractivity contribution in [1.29, 1.82) is 0 Å². The standard InChI is InChI=1S/C38H35N3O5S/c1-6-46-37(45)32-33(26-10-8-7-9-11-26)39-38-41(34(32)27-14-12-25(13-15-27)22(2)3)35(42)31(47-38)21-29-20-23(4)40(24(29)5)30-18-16-28(17-19-30)36(43)44/h7-22,34H,6H2,1-5H3,(H,43,44)/b31-21-/t34-/m1/s1. The molecule has 5 aromatic rings. The number of hydrogen-bond acceptors (Lipinski definition) is 6. The number of fused-ring (bicyclic) bond motifs is 1. The van der Waals surface area contributed by atoms with Gasteiger partial charge < -0.3 is 14.4 Å². The van der Waals surface area contributed by atoms with Crippen LogP contribution in [0.15, 0.2) is 100 Å². The normalized spacial score (nSPS) is 14.7. The van der Waals surface area contributed by atoms with Crippen LogP contribution >= 0.6 is 11.3 Å². The Labute approximate surface area is 276 Å². The van der Waals surface area contributed by atoms with E-state index in [1.54, 1.807) is 35.8 Å². The quantitative estimate of drug-likeness (QED) is 0.204. The lowest BCUT2D eigenvalue weighted by Gasteiger charge is -2.26. The van der Waals surface area contributed by atoms with Crippen molar-refractivity contribution in [2.75, 3.05) is 6.61 Å². The minimum Gasteiger partial charge on any atom is -0.478 e. The lowest BCUT2D eigenvalue weighted by molar-refractivity contribution is -0.138. The van der Waals surface area contributed by atoms with Gasteiger partial charge in [0.2, 0.25) is 0 Å². The molecule has 3 aromatic carbocycles. The predicted molar refractivity (Wildman–Crippen MR) is 184 cm³/mol. The van der Waals surface area contributed by atoms with Gasteiger partial charge in [-0.25, -0.2) is 14.6 Å². The van der Waals surface area contributed by atoms with Crippen molar-refractivity contribution in [3.8, 4) is 5.69 Å². The number of carbonyl (C=O) groups excluding carboxylic acids is 1. The zero-order valence-electron chi connectivity index (χ0n) is 26.9. The number of aromatic carboxylic acids is 1. The number of carboxylic acids is 1. The first-order chi connectivity index (χ1) is 22.6. The molecule has 6 rings (SSSR count). The van der Waals surface area contributed by atoms with Crippen LogP contribution in [0, 0.1) is 13.8 Å². The third-order valence-electron chi connectivity index (χ3n) is 8.42. The Kier molecular flexibility index (Phi) is 8.66. The Bertz CT molecular complexity index is 2200. The van der Waals surface area contributed by atoms with Crippen LogP contribution in [0.5, 0.6) is 0 Å². The molecule has 1 N–H and O–H groups in total. The SMILES string of the molecule is CCOC(=O)C1=C(c2ccccc2)N=c2s/c(=C\c3cc(C)n(-c4ccc(C(=O)O)cc4)c3C)c(=O)n2[C@@H]1c1ccc(C(C)C)cc1. The minimum atomic E-state index is -0.982. The third kappa shape index (κ3) is 5.90. The van der Waals surface area contributed by atoms with E-state index in [2.05, 4.69) is 13.8 Å². The fourth-order valence-corrected chi connectivity index (χ4v) is 7.04. The molecule has 1 aliphatic heterocycles. The summed E-state index contributed by atoms with van der Waals surface area (Å²) in [5, 5.41) is 9.32. The predicted octanol–water partition coefficient (Wildman–Crippen LogP) is 6.16. The molecular weight excluding hydrogens is 611 g/mol. The number of esters is 1. The summed E-state index contributed by atoms with van der Waals surface area (Å²) in [7, 11) is 0. The fourth-order valence-electron chi connectivity index (χ4n) is 6.04. The van der Waals surface area contributed by atoms with Crippen LogP contribution in [0.3, 0.4) is 0 Å². The number of hydrogen-bond donors (Lipinski definition) is 1. The summed E-state index contributed by atoms with van der Waals surface area (Å²) >= 11 is 1.28. The maximum atomic E-state index is 14.4. The van der Waals surface area contributed by atoms with Gasteiger partial charge >= 0.3 is 11.9 Å². The molecule has 0 spiro atoms. The molecular formula is C38H35N3O5S. The summed E-state index contributed by atoms with van der Waals surface area (Å²) in [5.41, 5.74) is 6.96. The van der Waals surface area contributed by atoms with Crippen LogP contribution in [0.2, 0.25) is 0 Å². The number of benzene rings is 3. The molecule has 0 saturated heterocycles. The molecule has 47 heavy (non-hydrogen) atoms. The summed E-state index contributed by atoms with van der Waals surface area (Å²) < 4.78 is 9.71. The van der Waals surface area contributed by atoms with Gasteiger partial charge in [-0.2, -0.15) is 0 Å². The fraction of sp³-hybridized carbons (Fsp3) is 0.211. The number of carbonyl (C=O) groups is 2. The Morgan fingerprint density at radius 3 is 2.30 bits per heavy atom. The van der Waals surface area contributed by atoms with E-state index < -0.39 is 18.0 Å². The van der Waals surface area contributed by atoms with Crippen molar-refractivity contribution >= 4 is 35.0 Å². The van der Waals surface area contributed by atoms with Crippen molar-refractivity contribution in [2.45, 2.75) is 46.6 Å². The van der Waals surface area contributed by atoms with Crippen LogP contribution in [-0.2, 0) is 9.53 Å². The van der Waals surface area contributed by atoms with E-state index in [1.165, 1.54) is 11.3 Å². The van der Waals surface area contributed by atoms with E-state index in [9.17, 15) is 19.5 Å². The summed E-state index contributed by atoms with van der Waals surface area (Å²) in [6, 6.07) is 25.5. The molecule has 1 atom stereocenters. The van der Waals surface area contributed by atoms with Crippen LogP contribution in [0.25, 0.3) is 17.5 Å². The first-order valence-electron chi connectivity index (χ1n) is 15.5. The molecule has 0 unspecified atom stereocenters. The molecule has 0 aliphatic carbocycles. The van der Waals surface area contributed by atoms with Crippen molar-refractivity contribution in [3.05, 3.63) is 149 Å². The highest BCUT2D eigenvalue weighted by molar-refractivity contribution is 7.07. The molecule has 9 heteroatoms. The Hall–Kier alpha value is -5.28. The zero-order chi connectivity index (χ0) is 33.4. The molecule has 0 saturated carbocycles. The van der Waals surface area contributed by atoms with E-state index in [4.69, 9.17) is 9.73 Å². The van der Waals surface area contributed by atoms with Gasteiger partial charge in [0.25, 0.3) is 5.56 Å². The Morgan fingerprint density at radius 2 is 1.68 bits per heavy atom. The Morgan fingerprint density at radius 1 is 1.00 bits per heavy atom. The second-order valence-electron chi connectivity index (χ2n) is 11.8. The largest absolute Gasteiger partial charge is 0.478 e. The van der Waals surface area contributed by atoms with Gasteiger partial charge in [-0.3, -0.25) is 9.36 Å². The summed E-state index contributed by atoms with van der Waals surface area (Å²) in [6.07, 6.45) is 1.86. The number of carboxylic acid groups (broad SMARTS) is 1. The maximum absolute atomic E-state index is 14.4. The van der Waals surface area contributed by atoms with Gasteiger partial charge in [-0.05, 0) is 79.8 Å². The van der Waals surface area contributed by atoms with Gasteiger partial charge in [0.15, 0.2) is 4.80 Å². The summed E-state index contributed by atoms with van der Waals surface area (Å²) in [5.74, 6) is -1.18. The highest BCUT2D eigenvalue weighted by Crippen LogP contribution is 2.35. The second-order valence-corrected chi connectivity index (χ2v) is 12.8. The molecule has 238 valence electrons. The van der Waals surface area contributed by atoms with Crippen molar-refractivity contribution < 1.29 is 19.4 Å².